The number of hydrogen-bond donors (Lipinski definition) is 2. The molecule has 0 bridgehead atoms. The summed E-state index contributed by atoms with van der Waals surface area (Å²) >= 11 is 6.09. The fourth-order valence-corrected chi connectivity index (χ4v) is 2.88. The van der Waals surface area contributed by atoms with E-state index in [-0.39, 0.29) is 24.0 Å². The summed E-state index contributed by atoms with van der Waals surface area (Å²) in [6.07, 6.45) is 1.02. The number of rotatable bonds is 9. The highest BCUT2D eigenvalue weighted by molar-refractivity contribution is 6.30. The Labute approximate surface area is 153 Å². The molecule has 2 N–H and O–H groups in total. The van der Waals surface area contributed by atoms with Crippen molar-refractivity contribution in [2.24, 2.45) is 0 Å². The molecule has 134 valence electrons. The van der Waals surface area contributed by atoms with Crippen LogP contribution >= 0.6 is 11.6 Å². The molecule has 5 heteroatoms. The van der Waals surface area contributed by atoms with Crippen molar-refractivity contribution in [2.75, 3.05) is 19.8 Å². The van der Waals surface area contributed by atoms with E-state index in [1.165, 1.54) is 0 Å². The molecule has 0 saturated heterocycles. The predicted octanol–water partition coefficient (Wildman–Crippen LogP) is 4.11. The molecular formula is C20H24ClNO3. The van der Waals surface area contributed by atoms with Gasteiger partial charge in [-0.2, -0.15) is 0 Å². The first-order chi connectivity index (χ1) is 12.1. The molecule has 0 aliphatic rings. The lowest BCUT2D eigenvalue weighted by Gasteiger charge is -2.19. The van der Waals surface area contributed by atoms with Crippen molar-refractivity contribution in [1.82, 2.24) is 5.32 Å². The van der Waals surface area contributed by atoms with Crippen molar-refractivity contribution in [2.45, 2.75) is 25.7 Å². The first-order valence-corrected chi connectivity index (χ1v) is 8.87. The van der Waals surface area contributed by atoms with Crippen LogP contribution in [0.5, 0.6) is 5.75 Å². The number of aromatic hydroxyl groups is 1. The largest absolute Gasteiger partial charge is 0.508 e. The fourth-order valence-electron chi connectivity index (χ4n) is 2.70. The van der Waals surface area contributed by atoms with Gasteiger partial charge in [0.2, 0.25) is 5.91 Å². The quantitative estimate of drug-likeness (QED) is 0.661. The zero-order valence-corrected chi connectivity index (χ0v) is 15.1. The number of amides is 1. The Morgan fingerprint density at radius 1 is 1.24 bits per heavy atom. The number of phenols is 1. The number of carbonyl (C=O) groups is 1. The molecule has 0 radical (unpaired) electrons. The molecule has 4 nitrogen and oxygen atoms in total. The van der Waals surface area contributed by atoms with Gasteiger partial charge in [0, 0.05) is 42.7 Å². The van der Waals surface area contributed by atoms with E-state index in [0.29, 0.717) is 30.3 Å². The minimum Gasteiger partial charge on any atom is -0.508 e. The second kappa shape index (κ2) is 10.1. The number of benzene rings is 2. The molecule has 0 saturated carbocycles. The number of phenolic OH excluding ortho intramolecular Hbond substituents is 1. The smallest absolute Gasteiger partial charge is 0.220 e. The highest BCUT2D eigenvalue weighted by Crippen LogP contribution is 2.35. The third-order valence-electron chi connectivity index (χ3n) is 3.95. The van der Waals surface area contributed by atoms with Gasteiger partial charge in [0.1, 0.15) is 5.75 Å². The molecule has 1 amide bonds. The van der Waals surface area contributed by atoms with Gasteiger partial charge in [-0.1, -0.05) is 41.9 Å². The van der Waals surface area contributed by atoms with Gasteiger partial charge in [0.15, 0.2) is 0 Å². The van der Waals surface area contributed by atoms with Crippen LogP contribution in [-0.4, -0.2) is 30.8 Å². The highest BCUT2D eigenvalue weighted by atomic mass is 35.5. The summed E-state index contributed by atoms with van der Waals surface area (Å²) in [5, 5.41) is 13.7. The van der Waals surface area contributed by atoms with Crippen LogP contribution in [0, 0.1) is 0 Å². The molecule has 0 heterocycles. The Balaban J connectivity index is 2.11. The van der Waals surface area contributed by atoms with Gasteiger partial charge >= 0.3 is 0 Å². The third kappa shape index (κ3) is 6.07. The maximum atomic E-state index is 12.4. The van der Waals surface area contributed by atoms with Crippen LogP contribution in [0.2, 0.25) is 5.02 Å². The Hall–Kier alpha value is -2.04. The molecule has 0 aromatic heterocycles. The first-order valence-electron chi connectivity index (χ1n) is 8.49. The van der Waals surface area contributed by atoms with Gasteiger partial charge in [-0.15, -0.1) is 0 Å². The second-order valence-electron chi connectivity index (χ2n) is 5.77. The zero-order chi connectivity index (χ0) is 18.1. The van der Waals surface area contributed by atoms with E-state index in [4.69, 9.17) is 16.3 Å². The molecule has 0 fully saturated rings. The minimum absolute atomic E-state index is 0.0651. The monoisotopic (exact) mass is 361 g/mol. The van der Waals surface area contributed by atoms with Crippen molar-refractivity contribution in [1.29, 1.82) is 0 Å². The number of nitrogens with one attached hydrogen (secondary N) is 1. The number of carbonyl (C=O) groups excluding carboxylic acids is 1. The van der Waals surface area contributed by atoms with Crippen molar-refractivity contribution >= 4 is 17.5 Å². The summed E-state index contributed by atoms with van der Waals surface area (Å²) in [4.78, 5) is 12.4. The number of ether oxygens (including phenoxy) is 1. The molecule has 1 unspecified atom stereocenters. The Bertz CT molecular complexity index is 676. The van der Waals surface area contributed by atoms with Gasteiger partial charge in [-0.05, 0) is 37.1 Å². The van der Waals surface area contributed by atoms with Crippen LogP contribution in [0.1, 0.15) is 36.8 Å². The molecule has 2 aromatic carbocycles. The van der Waals surface area contributed by atoms with Crippen LogP contribution in [0.4, 0.5) is 0 Å². The standard InChI is InChI=1S/C20H24ClNO3/c1-2-25-12-6-11-22-20(24)14-17(15-7-4-3-5-8-15)18-13-16(21)9-10-19(18)23/h3-5,7-10,13,17,23H,2,6,11-12,14H2,1H3,(H,22,24). The minimum atomic E-state index is -0.258. The molecule has 0 aliphatic carbocycles. The van der Waals surface area contributed by atoms with Crippen molar-refractivity contribution in [3.63, 3.8) is 0 Å². The SMILES string of the molecule is CCOCCCNC(=O)CC(c1ccccc1)c1cc(Cl)ccc1O. The van der Waals surface area contributed by atoms with E-state index in [1.807, 2.05) is 37.3 Å². The average Bonchev–Trinajstić information content (AvgIpc) is 2.62. The lowest BCUT2D eigenvalue weighted by atomic mass is 9.87. The maximum absolute atomic E-state index is 12.4. The molecule has 0 aliphatic heterocycles. The van der Waals surface area contributed by atoms with Crippen molar-refractivity contribution < 1.29 is 14.6 Å². The van der Waals surface area contributed by atoms with E-state index in [0.717, 1.165) is 12.0 Å². The molecule has 2 rings (SSSR count). The summed E-state index contributed by atoms with van der Waals surface area (Å²) in [5.41, 5.74) is 1.62. The first kappa shape index (κ1) is 19.3. The van der Waals surface area contributed by atoms with Crippen molar-refractivity contribution in [3.8, 4) is 5.75 Å². The van der Waals surface area contributed by atoms with Gasteiger partial charge in [-0.25, -0.2) is 0 Å². The van der Waals surface area contributed by atoms with E-state index >= 15 is 0 Å². The molecule has 2 aromatic rings. The summed E-state index contributed by atoms with van der Waals surface area (Å²) in [5.74, 6) is -0.182. The summed E-state index contributed by atoms with van der Waals surface area (Å²) in [6, 6.07) is 14.6. The van der Waals surface area contributed by atoms with Gasteiger partial charge in [0.25, 0.3) is 0 Å². The molecular weight excluding hydrogens is 338 g/mol. The lowest BCUT2D eigenvalue weighted by molar-refractivity contribution is -0.121. The van der Waals surface area contributed by atoms with Crippen LogP contribution in [0.25, 0.3) is 0 Å². The summed E-state index contributed by atoms with van der Waals surface area (Å²) in [6.45, 7) is 3.83. The maximum Gasteiger partial charge on any atom is 0.220 e. The number of halogens is 1. The van der Waals surface area contributed by atoms with E-state index in [1.54, 1.807) is 18.2 Å². The Morgan fingerprint density at radius 3 is 2.72 bits per heavy atom. The Morgan fingerprint density at radius 2 is 2.00 bits per heavy atom. The third-order valence-corrected chi connectivity index (χ3v) is 4.18. The van der Waals surface area contributed by atoms with Gasteiger partial charge in [0.05, 0.1) is 0 Å². The normalized spacial score (nSPS) is 11.9. The van der Waals surface area contributed by atoms with Crippen LogP contribution < -0.4 is 5.32 Å². The average molecular weight is 362 g/mol. The van der Waals surface area contributed by atoms with Crippen LogP contribution in [0.15, 0.2) is 48.5 Å². The summed E-state index contributed by atoms with van der Waals surface area (Å²) in [7, 11) is 0. The van der Waals surface area contributed by atoms with E-state index in [9.17, 15) is 9.90 Å². The van der Waals surface area contributed by atoms with Gasteiger partial charge in [-0.3, -0.25) is 4.79 Å². The van der Waals surface area contributed by atoms with Crippen LogP contribution in [-0.2, 0) is 9.53 Å². The topological polar surface area (TPSA) is 58.6 Å². The molecule has 1 atom stereocenters. The second-order valence-corrected chi connectivity index (χ2v) is 6.21. The van der Waals surface area contributed by atoms with Crippen molar-refractivity contribution in [3.05, 3.63) is 64.7 Å². The lowest BCUT2D eigenvalue weighted by Crippen LogP contribution is -2.27. The number of hydrogen-bond acceptors (Lipinski definition) is 3. The fraction of sp³-hybridized carbons (Fsp3) is 0.350. The zero-order valence-electron chi connectivity index (χ0n) is 14.4. The van der Waals surface area contributed by atoms with Gasteiger partial charge < -0.3 is 15.2 Å². The molecule has 0 spiro atoms. The van der Waals surface area contributed by atoms with E-state index < -0.39 is 0 Å². The predicted molar refractivity (Wildman–Crippen MR) is 100 cm³/mol. The summed E-state index contributed by atoms with van der Waals surface area (Å²) < 4.78 is 5.26. The van der Waals surface area contributed by atoms with E-state index in [2.05, 4.69) is 5.32 Å². The highest BCUT2D eigenvalue weighted by Gasteiger charge is 2.21. The molecule has 25 heavy (non-hydrogen) atoms. The van der Waals surface area contributed by atoms with Crippen LogP contribution in [0.3, 0.4) is 0 Å². The Kier molecular flexibility index (Phi) is 7.76.